The van der Waals surface area contributed by atoms with Crippen molar-refractivity contribution in [2.75, 3.05) is 31.6 Å². The van der Waals surface area contributed by atoms with Gasteiger partial charge in [0.15, 0.2) is 15.6 Å². The van der Waals surface area contributed by atoms with Crippen molar-refractivity contribution < 1.29 is 18.0 Å². The van der Waals surface area contributed by atoms with E-state index >= 15 is 0 Å². The largest absolute Gasteiger partial charge is 0.359 e. The molecule has 3 aliphatic heterocycles. The van der Waals surface area contributed by atoms with Crippen molar-refractivity contribution in [1.29, 1.82) is 0 Å². The molecule has 42 heavy (non-hydrogen) atoms. The number of Topliss-reactive ketones (excluding diaryl/α,β-unsaturated/α-hetero) is 1. The zero-order chi connectivity index (χ0) is 29.6. The van der Waals surface area contributed by atoms with Crippen molar-refractivity contribution in [3.63, 3.8) is 0 Å². The maximum absolute atomic E-state index is 13.9. The van der Waals surface area contributed by atoms with Crippen LogP contribution in [-0.2, 0) is 20.4 Å². The van der Waals surface area contributed by atoms with Gasteiger partial charge in [-0.25, -0.2) is 8.42 Å². The van der Waals surface area contributed by atoms with Crippen molar-refractivity contribution in [3.05, 3.63) is 80.6 Å². The highest BCUT2D eigenvalue weighted by molar-refractivity contribution is 7.90. The molecule has 1 aromatic heterocycles. The van der Waals surface area contributed by atoms with Gasteiger partial charge in [0.2, 0.25) is 0 Å². The molecule has 2 N–H and O–H groups in total. The van der Waals surface area contributed by atoms with E-state index in [1.807, 2.05) is 13.0 Å². The number of hydrogen-bond donors (Lipinski definition) is 2. The second-order valence-electron chi connectivity index (χ2n) is 11.3. The number of aryl methyl sites for hydroxylation is 1. The molecule has 0 saturated carbocycles. The van der Waals surface area contributed by atoms with Crippen molar-refractivity contribution >= 4 is 62.1 Å². The number of fused-ring (bicyclic) bond motifs is 1. The SMILES string of the molecule is Cc1cc(C(=O)C2CCCN2CN2CCCC2)c(/C=C2\C(=O)Nc3ccc(S(=O)(=O)Cc4c(Cl)cccc4Cl)cc32)[nH]1. The van der Waals surface area contributed by atoms with Crippen LogP contribution in [0.4, 0.5) is 5.69 Å². The summed E-state index contributed by atoms with van der Waals surface area (Å²) in [4.78, 5) is 34.9. The summed E-state index contributed by atoms with van der Waals surface area (Å²) in [7, 11) is -3.85. The fourth-order valence-corrected chi connectivity index (χ4v) is 8.29. The highest BCUT2D eigenvalue weighted by Gasteiger charge is 2.35. The van der Waals surface area contributed by atoms with Crippen LogP contribution in [0, 0.1) is 6.92 Å². The Hall–Kier alpha value is -2.95. The van der Waals surface area contributed by atoms with Crippen LogP contribution < -0.4 is 5.32 Å². The first-order chi connectivity index (χ1) is 20.1. The van der Waals surface area contributed by atoms with Gasteiger partial charge in [-0.2, -0.15) is 0 Å². The number of nitrogens with zero attached hydrogens (tertiary/aromatic N) is 2. The number of nitrogens with one attached hydrogen (secondary N) is 2. The van der Waals surface area contributed by atoms with Crippen molar-refractivity contribution in [2.45, 2.75) is 49.3 Å². The van der Waals surface area contributed by atoms with Crippen LogP contribution in [0.1, 0.15) is 58.6 Å². The Morgan fingerprint density at radius 2 is 1.79 bits per heavy atom. The molecule has 3 aliphatic rings. The fourth-order valence-electron chi connectivity index (χ4n) is 6.17. The third kappa shape index (κ3) is 5.68. The summed E-state index contributed by atoms with van der Waals surface area (Å²) in [5.74, 6) is -0.709. The van der Waals surface area contributed by atoms with Gasteiger partial charge in [-0.15, -0.1) is 0 Å². The first-order valence-corrected chi connectivity index (χ1v) is 16.5. The summed E-state index contributed by atoms with van der Waals surface area (Å²) in [6.45, 7) is 5.69. The van der Waals surface area contributed by atoms with Gasteiger partial charge in [0.05, 0.1) is 34.6 Å². The number of halogens is 2. The Balaban J connectivity index is 1.31. The Kier molecular flexibility index (Phi) is 8.06. The van der Waals surface area contributed by atoms with Gasteiger partial charge >= 0.3 is 0 Å². The number of aromatic nitrogens is 1. The summed E-state index contributed by atoms with van der Waals surface area (Å²) in [6.07, 6.45) is 5.81. The minimum absolute atomic E-state index is 0.0365. The van der Waals surface area contributed by atoms with Crippen LogP contribution in [-0.4, -0.2) is 67.2 Å². The average molecular weight is 628 g/mol. The standard InChI is InChI=1S/C31H32Cl2N4O4S/c1-19-14-23(30(38)29-8-5-13-37(29)18-36-11-2-3-12-36)28(34-19)16-22-21-15-20(9-10-27(21)35-31(22)39)42(40,41)17-24-25(32)6-4-7-26(24)33/h4,6-7,9-10,14-16,29,34H,2-3,5,8,11-13,17-18H2,1H3,(H,35,39)/b22-16-. The summed E-state index contributed by atoms with van der Waals surface area (Å²) >= 11 is 12.5. The lowest BCUT2D eigenvalue weighted by atomic mass is 9.99. The monoisotopic (exact) mass is 626 g/mol. The number of hydrogen-bond acceptors (Lipinski definition) is 6. The number of amides is 1. The smallest absolute Gasteiger partial charge is 0.256 e. The summed E-state index contributed by atoms with van der Waals surface area (Å²) < 4.78 is 26.8. The van der Waals surface area contributed by atoms with Gasteiger partial charge in [-0.1, -0.05) is 29.3 Å². The van der Waals surface area contributed by atoms with E-state index in [4.69, 9.17) is 23.2 Å². The van der Waals surface area contributed by atoms with Crippen molar-refractivity contribution in [3.8, 4) is 0 Å². The predicted molar refractivity (Wildman–Crippen MR) is 166 cm³/mol. The first kappa shape index (κ1) is 29.1. The summed E-state index contributed by atoms with van der Waals surface area (Å²) in [6, 6.07) is 11.0. The third-order valence-electron chi connectivity index (χ3n) is 8.31. The number of rotatable bonds is 8. The van der Waals surface area contributed by atoms with E-state index in [0.29, 0.717) is 28.1 Å². The fraction of sp³-hybridized carbons (Fsp3) is 0.355. The lowest BCUT2D eigenvalue weighted by Crippen LogP contribution is -2.43. The van der Waals surface area contributed by atoms with Crippen molar-refractivity contribution in [2.24, 2.45) is 0 Å². The van der Waals surface area contributed by atoms with E-state index in [9.17, 15) is 18.0 Å². The van der Waals surface area contributed by atoms with Gasteiger partial charge in [0.25, 0.3) is 5.91 Å². The molecule has 1 amide bonds. The Labute approximate surface area is 255 Å². The molecule has 6 rings (SSSR count). The molecule has 1 atom stereocenters. The summed E-state index contributed by atoms with van der Waals surface area (Å²) in [5.41, 5.74) is 3.45. The Morgan fingerprint density at radius 1 is 1.05 bits per heavy atom. The number of aromatic amines is 1. The zero-order valence-electron chi connectivity index (χ0n) is 23.3. The summed E-state index contributed by atoms with van der Waals surface area (Å²) in [5, 5.41) is 3.35. The second-order valence-corrected chi connectivity index (χ2v) is 14.1. The average Bonchev–Trinajstić information content (AvgIpc) is 3.75. The third-order valence-corrected chi connectivity index (χ3v) is 10.7. The number of carbonyl (C=O) groups excluding carboxylic acids is 2. The number of ketones is 1. The quantitative estimate of drug-likeness (QED) is 0.242. The number of H-pyrrole nitrogens is 1. The molecule has 8 nitrogen and oxygen atoms in total. The molecular formula is C31H32Cl2N4O4S. The maximum atomic E-state index is 13.9. The van der Waals surface area contributed by atoms with Crippen molar-refractivity contribution in [1.82, 2.24) is 14.8 Å². The van der Waals surface area contributed by atoms with Crippen LogP contribution >= 0.6 is 23.2 Å². The van der Waals surface area contributed by atoms with Crippen LogP contribution in [0.2, 0.25) is 10.0 Å². The van der Waals surface area contributed by atoms with Gasteiger partial charge in [0, 0.05) is 44.7 Å². The van der Waals surface area contributed by atoms with Crippen LogP contribution in [0.3, 0.4) is 0 Å². The van der Waals surface area contributed by atoms with E-state index in [0.717, 1.165) is 44.8 Å². The zero-order valence-corrected chi connectivity index (χ0v) is 25.6. The van der Waals surface area contributed by atoms with E-state index in [-0.39, 0.29) is 44.0 Å². The molecule has 0 aliphatic carbocycles. The molecule has 4 heterocycles. The molecule has 2 saturated heterocycles. The van der Waals surface area contributed by atoms with Crippen LogP contribution in [0.25, 0.3) is 11.6 Å². The van der Waals surface area contributed by atoms with E-state index in [1.54, 1.807) is 30.3 Å². The molecule has 0 spiro atoms. The van der Waals surface area contributed by atoms with E-state index < -0.39 is 9.84 Å². The molecule has 2 aromatic carbocycles. The first-order valence-electron chi connectivity index (χ1n) is 14.1. The van der Waals surface area contributed by atoms with E-state index in [2.05, 4.69) is 20.1 Å². The van der Waals surface area contributed by atoms with Gasteiger partial charge in [-0.05, 0) is 88.2 Å². The van der Waals surface area contributed by atoms with Crippen LogP contribution in [0.15, 0.2) is 47.4 Å². The van der Waals surface area contributed by atoms with E-state index in [1.165, 1.54) is 25.0 Å². The number of anilines is 1. The number of sulfone groups is 1. The predicted octanol–water partition coefficient (Wildman–Crippen LogP) is 5.80. The maximum Gasteiger partial charge on any atom is 0.256 e. The minimum Gasteiger partial charge on any atom is -0.359 e. The Bertz CT molecular complexity index is 1690. The molecule has 2 fully saturated rings. The van der Waals surface area contributed by atoms with Gasteiger partial charge in [0.1, 0.15) is 0 Å². The number of carbonyl (C=O) groups is 2. The highest BCUT2D eigenvalue weighted by Crippen LogP contribution is 2.37. The van der Waals surface area contributed by atoms with Gasteiger partial charge in [-0.3, -0.25) is 19.4 Å². The lowest BCUT2D eigenvalue weighted by molar-refractivity contribution is -0.110. The molecule has 0 radical (unpaired) electrons. The topological polar surface area (TPSA) is 103 Å². The van der Waals surface area contributed by atoms with Gasteiger partial charge < -0.3 is 10.3 Å². The number of benzene rings is 2. The minimum atomic E-state index is -3.85. The molecule has 11 heteroatoms. The Morgan fingerprint density at radius 3 is 2.52 bits per heavy atom. The molecule has 0 bridgehead atoms. The molecule has 220 valence electrons. The molecular weight excluding hydrogens is 595 g/mol. The second kappa shape index (κ2) is 11.6. The molecule has 3 aromatic rings. The lowest BCUT2D eigenvalue weighted by Gasteiger charge is -2.28. The normalized spacial score (nSPS) is 20.4. The van der Waals surface area contributed by atoms with Crippen LogP contribution in [0.5, 0.6) is 0 Å². The molecule has 1 unspecified atom stereocenters. The number of likely N-dealkylation sites (tertiary alicyclic amines) is 2. The highest BCUT2D eigenvalue weighted by atomic mass is 35.5.